The molecule has 3 aliphatic rings. The summed E-state index contributed by atoms with van der Waals surface area (Å²) < 4.78 is 0. The van der Waals surface area contributed by atoms with Gasteiger partial charge in [0, 0.05) is 59.6 Å². The van der Waals surface area contributed by atoms with Gasteiger partial charge in [-0.1, -0.05) is 48.5 Å². The van der Waals surface area contributed by atoms with Gasteiger partial charge in [-0.05, 0) is 52.9 Å². The number of fused-ring (bicyclic) bond motifs is 4. The van der Waals surface area contributed by atoms with E-state index in [4.69, 9.17) is 0 Å². The van der Waals surface area contributed by atoms with Gasteiger partial charge in [0.25, 0.3) is 0 Å². The Labute approximate surface area is 197 Å². The van der Waals surface area contributed by atoms with Crippen LogP contribution < -0.4 is 0 Å². The van der Waals surface area contributed by atoms with Crippen molar-refractivity contribution in [1.29, 1.82) is 0 Å². The minimum Gasteiger partial charge on any atom is -0.294 e. The average molecular weight is 443 g/mol. The highest BCUT2D eigenvalue weighted by molar-refractivity contribution is 6.10. The molecule has 4 nitrogen and oxygen atoms in total. The number of ketones is 2. The highest BCUT2D eigenvalue weighted by Crippen LogP contribution is 2.72. The van der Waals surface area contributed by atoms with Crippen LogP contribution in [0, 0.1) is 11.3 Å². The van der Waals surface area contributed by atoms with Crippen molar-refractivity contribution in [3.8, 4) is 0 Å². The van der Waals surface area contributed by atoms with Gasteiger partial charge in [0.2, 0.25) is 0 Å². The fraction of sp³-hybridized carbons (Fsp3) is 0.200. The van der Waals surface area contributed by atoms with Gasteiger partial charge in [-0.3, -0.25) is 19.6 Å². The highest BCUT2D eigenvalue weighted by Gasteiger charge is 2.70. The Balaban J connectivity index is 1.56. The summed E-state index contributed by atoms with van der Waals surface area (Å²) >= 11 is 0. The predicted octanol–water partition coefficient (Wildman–Crippen LogP) is 5.38. The van der Waals surface area contributed by atoms with Crippen LogP contribution >= 0.6 is 0 Å². The third kappa shape index (κ3) is 2.38. The van der Waals surface area contributed by atoms with Crippen molar-refractivity contribution in [3.63, 3.8) is 0 Å². The van der Waals surface area contributed by atoms with E-state index in [9.17, 15) is 9.59 Å². The van der Waals surface area contributed by atoms with E-state index < -0.39 is 5.41 Å². The van der Waals surface area contributed by atoms with E-state index >= 15 is 0 Å². The zero-order valence-electron chi connectivity index (χ0n) is 18.5. The first kappa shape index (κ1) is 19.5. The van der Waals surface area contributed by atoms with E-state index in [0.29, 0.717) is 6.42 Å². The van der Waals surface area contributed by atoms with Crippen LogP contribution in [0.2, 0.25) is 0 Å². The van der Waals surface area contributed by atoms with Crippen molar-refractivity contribution in [2.75, 3.05) is 0 Å². The number of carbonyl (C=O) groups is 2. The summed E-state index contributed by atoms with van der Waals surface area (Å²) in [5.74, 6) is -0.420. The number of aromatic nitrogens is 2. The molecule has 0 N–H and O–H groups in total. The van der Waals surface area contributed by atoms with Crippen molar-refractivity contribution in [2.45, 2.75) is 24.2 Å². The number of benzene rings is 2. The predicted molar refractivity (Wildman–Crippen MR) is 128 cm³/mol. The molecule has 0 bridgehead atoms. The molecular weight excluding hydrogens is 420 g/mol. The Morgan fingerprint density at radius 3 is 1.85 bits per heavy atom. The number of hydrogen-bond acceptors (Lipinski definition) is 4. The second-order valence-electron chi connectivity index (χ2n) is 9.72. The molecule has 4 aromatic rings. The Morgan fingerprint density at radius 1 is 0.647 bits per heavy atom. The van der Waals surface area contributed by atoms with Crippen LogP contribution in [-0.4, -0.2) is 21.5 Å². The second-order valence-corrected chi connectivity index (χ2v) is 9.72. The number of hydrogen-bond donors (Lipinski definition) is 0. The monoisotopic (exact) mass is 442 g/mol. The lowest BCUT2D eigenvalue weighted by Gasteiger charge is -2.38. The largest absolute Gasteiger partial charge is 0.294 e. The smallest absolute Gasteiger partial charge is 0.170 e. The van der Waals surface area contributed by atoms with Crippen molar-refractivity contribution in [2.24, 2.45) is 11.3 Å². The van der Waals surface area contributed by atoms with Crippen LogP contribution in [0.3, 0.4) is 0 Å². The number of Topliss-reactive ketones (excluding diaryl/α,β-unsaturated/α-hetero) is 2. The van der Waals surface area contributed by atoms with E-state index in [-0.39, 0.29) is 35.2 Å². The lowest BCUT2D eigenvalue weighted by atomic mass is 9.62. The first-order valence-electron chi connectivity index (χ1n) is 11.8. The average Bonchev–Trinajstić information content (AvgIpc) is 3.46. The Kier molecular flexibility index (Phi) is 4.04. The molecule has 1 spiro atoms. The van der Waals surface area contributed by atoms with Crippen molar-refractivity contribution in [1.82, 2.24) is 9.97 Å². The van der Waals surface area contributed by atoms with Gasteiger partial charge in [0.15, 0.2) is 11.6 Å². The maximum absolute atomic E-state index is 14.5. The van der Waals surface area contributed by atoms with E-state index in [1.54, 1.807) is 24.8 Å². The normalized spacial score (nSPS) is 28.7. The third-order valence-corrected chi connectivity index (χ3v) is 8.40. The molecule has 0 amide bonds. The summed E-state index contributed by atoms with van der Waals surface area (Å²) in [7, 11) is 0. The van der Waals surface area contributed by atoms with E-state index in [2.05, 4.69) is 22.1 Å². The molecule has 0 aliphatic heterocycles. The molecule has 5 atom stereocenters. The Bertz CT molecular complexity index is 1450. The molecule has 2 aromatic heterocycles. The summed E-state index contributed by atoms with van der Waals surface area (Å²) in [4.78, 5) is 37.0. The van der Waals surface area contributed by atoms with Gasteiger partial charge in [0.05, 0.1) is 5.41 Å². The summed E-state index contributed by atoms with van der Waals surface area (Å²) in [5.41, 5.74) is 5.08. The number of pyridine rings is 2. The van der Waals surface area contributed by atoms with Gasteiger partial charge < -0.3 is 0 Å². The van der Waals surface area contributed by atoms with Crippen LogP contribution in [0.1, 0.15) is 60.7 Å². The quantitative estimate of drug-likeness (QED) is 0.418. The third-order valence-electron chi connectivity index (χ3n) is 8.40. The Hall–Kier alpha value is -3.92. The first-order valence-corrected chi connectivity index (χ1v) is 11.8. The summed E-state index contributed by atoms with van der Waals surface area (Å²) in [5, 5.41) is 0. The molecule has 2 heterocycles. The molecule has 1 fully saturated rings. The molecule has 164 valence electrons. The van der Waals surface area contributed by atoms with E-state index in [0.717, 1.165) is 33.4 Å². The van der Waals surface area contributed by atoms with Crippen molar-refractivity contribution >= 4 is 11.6 Å². The number of rotatable bonds is 2. The standard InChI is InChI=1S/C30H22N2O2/c33-28-23-8-4-3-7-22(23)24-25(28)27(19-11-15-32-16-12-19)30(26(24)18-9-13-31-14-10-18)17-20-5-1-2-6-21(20)29(30)34/h1-16,24-27H,17H2. The molecule has 5 unspecified atom stereocenters. The molecule has 7 rings (SSSR count). The number of carbonyl (C=O) groups excluding carboxylic acids is 2. The molecule has 34 heavy (non-hydrogen) atoms. The van der Waals surface area contributed by atoms with E-state index in [1.165, 1.54) is 0 Å². The summed E-state index contributed by atoms with van der Waals surface area (Å²) in [6.07, 6.45) is 7.78. The molecule has 2 aromatic carbocycles. The van der Waals surface area contributed by atoms with Gasteiger partial charge in [0.1, 0.15) is 0 Å². The first-order chi connectivity index (χ1) is 16.7. The summed E-state index contributed by atoms with van der Waals surface area (Å²) in [6.45, 7) is 0. The Morgan fingerprint density at radius 2 is 1.21 bits per heavy atom. The molecule has 0 radical (unpaired) electrons. The molecule has 3 aliphatic carbocycles. The minimum absolute atomic E-state index is 0.0671. The van der Waals surface area contributed by atoms with Gasteiger partial charge >= 0.3 is 0 Å². The van der Waals surface area contributed by atoms with Crippen LogP contribution in [0.15, 0.2) is 97.6 Å². The fourth-order valence-corrected chi connectivity index (χ4v) is 7.32. The van der Waals surface area contributed by atoms with Crippen LogP contribution in [0.25, 0.3) is 0 Å². The van der Waals surface area contributed by atoms with Crippen LogP contribution in [0.4, 0.5) is 0 Å². The van der Waals surface area contributed by atoms with Gasteiger partial charge in [-0.25, -0.2) is 0 Å². The number of nitrogens with zero attached hydrogens (tertiary/aromatic N) is 2. The summed E-state index contributed by atoms with van der Waals surface area (Å²) in [6, 6.07) is 24.0. The van der Waals surface area contributed by atoms with Crippen LogP contribution in [0.5, 0.6) is 0 Å². The zero-order valence-corrected chi connectivity index (χ0v) is 18.5. The van der Waals surface area contributed by atoms with Crippen molar-refractivity contribution in [3.05, 3.63) is 131 Å². The maximum Gasteiger partial charge on any atom is 0.170 e. The lowest BCUT2D eigenvalue weighted by Crippen LogP contribution is -2.38. The van der Waals surface area contributed by atoms with Crippen molar-refractivity contribution < 1.29 is 9.59 Å². The lowest BCUT2D eigenvalue weighted by molar-refractivity contribution is 0.0745. The van der Waals surface area contributed by atoms with Gasteiger partial charge in [-0.2, -0.15) is 0 Å². The second kappa shape index (κ2) is 7.04. The molecular formula is C30H22N2O2. The SMILES string of the molecule is O=C1c2ccccc2C2C1C(c1ccncc1)C1(Cc3ccccc3C1=O)C2c1ccncc1. The topological polar surface area (TPSA) is 59.9 Å². The molecule has 4 heteroatoms. The molecule has 0 saturated heterocycles. The highest BCUT2D eigenvalue weighted by atomic mass is 16.1. The zero-order chi connectivity index (χ0) is 22.9. The minimum atomic E-state index is -0.745. The van der Waals surface area contributed by atoms with E-state index in [1.807, 2.05) is 60.7 Å². The fourth-order valence-electron chi connectivity index (χ4n) is 7.32. The molecule has 1 saturated carbocycles. The van der Waals surface area contributed by atoms with Gasteiger partial charge in [-0.15, -0.1) is 0 Å². The maximum atomic E-state index is 14.5. The van der Waals surface area contributed by atoms with Crippen LogP contribution in [-0.2, 0) is 6.42 Å².